The van der Waals surface area contributed by atoms with Gasteiger partial charge in [0.15, 0.2) is 23.3 Å². The van der Waals surface area contributed by atoms with E-state index in [1.54, 1.807) is 36.2 Å². The Balaban J connectivity index is 1.61. The van der Waals surface area contributed by atoms with Gasteiger partial charge in [0.25, 0.3) is 11.5 Å². The first kappa shape index (κ1) is 18.0. The van der Waals surface area contributed by atoms with Gasteiger partial charge in [-0.3, -0.25) is 9.59 Å². The van der Waals surface area contributed by atoms with Crippen LogP contribution in [0.5, 0.6) is 11.5 Å². The number of hydrogen-bond donors (Lipinski definition) is 0. The zero-order valence-electron chi connectivity index (χ0n) is 15.8. The second-order valence-electron chi connectivity index (χ2n) is 6.66. The maximum absolute atomic E-state index is 13.2. The smallest absolute Gasteiger partial charge is 0.275 e. The van der Waals surface area contributed by atoms with Gasteiger partial charge in [-0.1, -0.05) is 30.3 Å². The van der Waals surface area contributed by atoms with Crippen molar-refractivity contribution < 1.29 is 14.3 Å². The molecule has 0 saturated carbocycles. The molecule has 3 aromatic rings. The van der Waals surface area contributed by atoms with Gasteiger partial charge in [0.05, 0.1) is 11.9 Å². The van der Waals surface area contributed by atoms with Crippen LogP contribution in [0.3, 0.4) is 0 Å². The second kappa shape index (κ2) is 7.34. The maximum Gasteiger partial charge on any atom is 0.275 e. The van der Waals surface area contributed by atoms with Crippen molar-refractivity contribution in [3.63, 3.8) is 0 Å². The number of amides is 1. The first-order valence-corrected chi connectivity index (χ1v) is 9.22. The number of rotatable bonds is 4. The van der Waals surface area contributed by atoms with Crippen LogP contribution in [0.1, 0.15) is 17.4 Å². The summed E-state index contributed by atoms with van der Waals surface area (Å²) >= 11 is 0. The van der Waals surface area contributed by atoms with Gasteiger partial charge in [0, 0.05) is 19.0 Å². The first-order valence-electron chi connectivity index (χ1n) is 9.22. The Bertz CT molecular complexity index is 1090. The van der Waals surface area contributed by atoms with Crippen molar-refractivity contribution in [2.24, 2.45) is 7.05 Å². The molecule has 1 amide bonds. The van der Waals surface area contributed by atoms with E-state index in [1.165, 1.54) is 4.68 Å². The summed E-state index contributed by atoms with van der Waals surface area (Å²) < 4.78 is 12.9. The molecule has 0 fully saturated rings. The number of likely N-dealkylation sites (N-methyl/N-ethyl adjacent to an activating group) is 1. The number of para-hydroxylation sites is 2. The summed E-state index contributed by atoms with van der Waals surface area (Å²) in [5.41, 5.74) is 0.0347. The van der Waals surface area contributed by atoms with Crippen LogP contribution in [0.2, 0.25) is 0 Å². The third kappa shape index (κ3) is 3.19. The average molecular weight is 379 g/mol. The molecule has 0 saturated heterocycles. The Morgan fingerprint density at radius 3 is 2.57 bits per heavy atom. The molecule has 0 unspecified atom stereocenters. The molecule has 0 spiro atoms. The van der Waals surface area contributed by atoms with Gasteiger partial charge in [-0.25, -0.2) is 4.68 Å². The molecule has 144 valence electrons. The van der Waals surface area contributed by atoms with Crippen molar-refractivity contribution in [1.29, 1.82) is 0 Å². The quantitative estimate of drug-likeness (QED) is 0.695. The van der Waals surface area contributed by atoms with Crippen LogP contribution >= 0.6 is 0 Å². The maximum atomic E-state index is 13.2. The lowest BCUT2D eigenvalue weighted by Gasteiger charge is -2.30. The van der Waals surface area contributed by atoms with Crippen molar-refractivity contribution in [3.05, 3.63) is 64.6 Å². The van der Waals surface area contributed by atoms with E-state index in [-0.39, 0.29) is 23.3 Å². The highest BCUT2D eigenvalue weighted by atomic mass is 16.6. The van der Waals surface area contributed by atoms with E-state index < -0.39 is 0 Å². The minimum absolute atomic E-state index is 0.226. The van der Waals surface area contributed by atoms with Crippen molar-refractivity contribution in [2.45, 2.75) is 13.0 Å². The molecular weight excluding hydrogens is 358 g/mol. The summed E-state index contributed by atoms with van der Waals surface area (Å²) in [5, 5.41) is 5.27. The molecular formula is C21H21N3O4. The zero-order chi connectivity index (χ0) is 19.7. The van der Waals surface area contributed by atoms with E-state index >= 15 is 0 Å². The van der Waals surface area contributed by atoms with E-state index in [0.717, 1.165) is 0 Å². The van der Waals surface area contributed by atoms with Gasteiger partial charge in [-0.2, -0.15) is 5.10 Å². The summed E-state index contributed by atoms with van der Waals surface area (Å²) in [6.07, 6.45) is -0.280. The number of nitrogens with zero attached hydrogens (tertiary/aromatic N) is 3. The molecule has 0 N–H and O–H groups in total. The van der Waals surface area contributed by atoms with Crippen molar-refractivity contribution in [1.82, 2.24) is 14.7 Å². The van der Waals surface area contributed by atoms with Crippen LogP contribution in [0.25, 0.3) is 10.8 Å². The Hall–Kier alpha value is -3.35. The van der Waals surface area contributed by atoms with Crippen LogP contribution in [0.15, 0.2) is 53.3 Å². The predicted molar refractivity (Wildman–Crippen MR) is 105 cm³/mol. The molecule has 2 heterocycles. The van der Waals surface area contributed by atoms with Gasteiger partial charge in [0.2, 0.25) is 0 Å². The molecule has 1 aromatic heterocycles. The van der Waals surface area contributed by atoms with Crippen LogP contribution in [0.4, 0.5) is 0 Å². The first-order chi connectivity index (χ1) is 13.6. The topological polar surface area (TPSA) is 73.7 Å². The summed E-state index contributed by atoms with van der Waals surface area (Å²) in [5.74, 6) is 1.14. The molecule has 4 rings (SSSR count). The monoisotopic (exact) mass is 379 g/mol. The lowest BCUT2D eigenvalue weighted by molar-refractivity contribution is 0.0471. The van der Waals surface area contributed by atoms with Gasteiger partial charge < -0.3 is 14.4 Å². The fourth-order valence-corrected chi connectivity index (χ4v) is 3.36. The van der Waals surface area contributed by atoms with Crippen LogP contribution in [-0.2, 0) is 7.05 Å². The Morgan fingerprint density at radius 1 is 1.14 bits per heavy atom. The van der Waals surface area contributed by atoms with Gasteiger partial charge in [0.1, 0.15) is 6.61 Å². The molecule has 0 aliphatic carbocycles. The van der Waals surface area contributed by atoms with E-state index in [1.807, 2.05) is 31.2 Å². The highest BCUT2D eigenvalue weighted by molar-refractivity contribution is 6.04. The van der Waals surface area contributed by atoms with E-state index in [9.17, 15) is 9.59 Å². The Labute approximate surface area is 162 Å². The largest absolute Gasteiger partial charge is 0.486 e. The zero-order valence-corrected chi connectivity index (χ0v) is 15.8. The Morgan fingerprint density at radius 2 is 1.82 bits per heavy atom. The lowest BCUT2D eigenvalue weighted by atomic mass is 10.1. The molecule has 7 nitrogen and oxygen atoms in total. The van der Waals surface area contributed by atoms with Crippen molar-refractivity contribution in [2.75, 3.05) is 19.7 Å². The highest BCUT2D eigenvalue weighted by Gasteiger charge is 2.27. The summed E-state index contributed by atoms with van der Waals surface area (Å²) in [4.78, 5) is 27.2. The summed E-state index contributed by atoms with van der Waals surface area (Å²) in [6, 6.07) is 14.5. The third-order valence-corrected chi connectivity index (χ3v) is 4.82. The molecule has 1 aliphatic heterocycles. The van der Waals surface area contributed by atoms with E-state index in [4.69, 9.17) is 9.47 Å². The number of hydrogen-bond acceptors (Lipinski definition) is 5. The second-order valence-corrected chi connectivity index (χ2v) is 6.66. The molecule has 1 aliphatic rings. The van der Waals surface area contributed by atoms with Gasteiger partial charge in [-0.05, 0) is 25.1 Å². The minimum atomic E-state index is -0.280. The summed E-state index contributed by atoms with van der Waals surface area (Å²) in [7, 11) is 1.55. The lowest BCUT2D eigenvalue weighted by Crippen LogP contribution is -2.44. The molecule has 2 aromatic carbocycles. The van der Waals surface area contributed by atoms with Crippen LogP contribution < -0.4 is 15.0 Å². The average Bonchev–Trinajstić information content (AvgIpc) is 2.74. The minimum Gasteiger partial charge on any atom is -0.486 e. The Kier molecular flexibility index (Phi) is 4.73. The number of fused-ring (bicyclic) bond motifs is 2. The number of aryl methyl sites for hydroxylation is 1. The van der Waals surface area contributed by atoms with Gasteiger partial charge >= 0.3 is 0 Å². The third-order valence-electron chi connectivity index (χ3n) is 4.82. The fraction of sp³-hybridized carbons (Fsp3) is 0.286. The number of carbonyl (C=O) groups excluding carboxylic acids is 1. The standard InChI is InChI=1S/C21H21N3O4/c1-3-24(12-14-13-27-17-10-6-7-11-18(17)28-14)21(26)19-15-8-4-5-9-16(15)20(25)23(2)22-19/h4-11,14H,3,12-13H2,1-2H3/t14-/m1/s1. The normalized spacial score (nSPS) is 15.4. The number of aromatic nitrogens is 2. The molecule has 0 bridgehead atoms. The number of benzene rings is 2. The molecule has 0 radical (unpaired) electrons. The fourth-order valence-electron chi connectivity index (χ4n) is 3.36. The molecule has 7 heteroatoms. The SMILES string of the molecule is CCN(C[C@@H]1COc2ccccc2O1)C(=O)c1nn(C)c(=O)c2ccccc12. The van der Waals surface area contributed by atoms with E-state index in [0.29, 0.717) is 42.0 Å². The van der Waals surface area contributed by atoms with E-state index in [2.05, 4.69) is 5.10 Å². The van der Waals surface area contributed by atoms with Crippen molar-refractivity contribution in [3.8, 4) is 11.5 Å². The number of carbonyl (C=O) groups is 1. The predicted octanol–water partition coefficient (Wildman–Crippen LogP) is 2.24. The molecule has 1 atom stereocenters. The summed E-state index contributed by atoms with van der Waals surface area (Å²) in [6.45, 7) is 3.11. The van der Waals surface area contributed by atoms with Crippen molar-refractivity contribution >= 4 is 16.7 Å². The molecule has 28 heavy (non-hydrogen) atoms. The van der Waals surface area contributed by atoms with Crippen LogP contribution in [0, 0.1) is 0 Å². The van der Waals surface area contributed by atoms with Gasteiger partial charge in [-0.15, -0.1) is 0 Å². The number of ether oxygens (including phenoxy) is 2. The van der Waals surface area contributed by atoms with Crippen LogP contribution in [-0.4, -0.2) is 46.4 Å². The highest BCUT2D eigenvalue weighted by Crippen LogP contribution is 2.31.